The maximum Gasteiger partial charge on any atom is 0.262 e. The van der Waals surface area contributed by atoms with E-state index in [1.807, 2.05) is 0 Å². The number of fused-ring (bicyclic) bond motifs is 1. The Labute approximate surface area is 155 Å². The molecule has 0 atom stereocenters. The van der Waals surface area contributed by atoms with Crippen molar-refractivity contribution in [2.24, 2.45) is 5.92 Å². The SMILES string of the molecule is CC1(F)CCC(n2ncc3c(=O)[nH]c(CC4CCC(F)(F)CC4)nc32)CC1. The first-order chi connectivity index (χ1) is 12.7. The summed E-state index contributed by atoms with van der Waals surface area (Å²) in [5.74, 6) is -1.94. The maximum atomic E-state index is 14.1. The summed E-state index contributed by atoms with van der Waals surface area (Å²) in [6, 6.07) is 0.0295. The molecule has 0 unspecified atom stereocenters. The standard InChI is InChI=1S/C19H25F3N4O/c1-18(20)6-4-13(5-7-18)26-16-14(11-23-26)17(27)25-15(24-16)10-12-2-8-19(21,22)9-3-12/h11-13H,2-10H2,1H3,(H,24,25,27). The highest BCUT2D eigenvalue weighted by atomic mass is 19.3. The highest BCUT2D eigenvalue weighted by Crippen LogP contribution is 2.38. The van der Waals surface area contributed by atoms with Crippen LogP contribution in [0.1, 0.15) is 70.2 Å². The summed E-state index contributed by atoms with van der Waals surface area (Å²) >= 11 is 0. The van der Waals surface area contributed by atoms with Gasteiger partial charge in [-0.1, -0.05) is 0 Å². The molecule has 27 heavy (non-hydrogen) atoms. The van der Waals surface area contributed by atoms with E-state index < -0.39 is 11.6 Å². The second-order valence-corrected chi connectivity index (χ2v) is 8.49. The van der Waals surface area contributed by atoms with Crippen LogP contribution in [0, 0.1) is 5.92 Å². The molecule has 5 nitrogen and oxygen atoms in total. The molecule has 2 fully saturated rings. The normalized spacial score (nSPS) is 29.3. The van der Waals surface area contributed by atoms with Gasteiger partial charge in [0.15, 0.2) is 5.65 Å². The molecular formula is C19H25F3N4O. The van der Waals surface area contributed by atoms with E-state index in [2.05, 4.69) is 15.1 Å². The van der Waals surface area contributed by atoms with E-state index in [-0.39, 0.29) is 30.4 Å². The largest absolute Gasteiger partial charge is 0.310 e. The maximum absolute atomic E-state index is 14.1. The summed E-state index contributed by atoms with van der Waals surface area (Å²) in [5, 5.41) is 4.77. The number of rotatable bonds is 3. The number of hydrogen-bond donors (Lipinski definition) is 1. The molecular weight excluding hydrogens is 357 g/mol. The molecule has 1 N–H and O–H groups in total. The molecule has 0 saturated heterocycles. The van der Waals surface area contributed by atoms with E-state index in [1.165, 1.54) is 6.20 Å². The van der Waals surface area contributed by atoms with Crippen molar-refractivity contribution in [2.45, 2.75) is 82.3 Å². The van der Waals surface area contributed by atoms with E-state index >= 15 is 0 Å². The average Bonchev–Trinajstić information content (AvgIpc) is 3.01. The molecule has 0 spiro atoms. The van der Waals surface area contributed by atoms with Crippen molar-refractivity contribution in [3.8, 4) is 0 Å². The van der Waals surface area contributed by atoms with Gasteiger partial charge in [0.25, 0.3) is 5.56 Å². The highest BCUT2D eigenvalue weighted by Gasteiger charge is 2.35. The summed E-state index contributed by atoms with van der Waals surface area (Å²) in [5.41, 5.74) is -0.880. The minimum atomic E-state index is -2.56. The predicted molar refractivity (Wildman–Crippen MR) is 95.8 cm³/mol. The number of alkyl halides is 3. The summed E-state index contributed by atoms with van der Waals surface area (Å²) < 4.78 is 42.5. The third-order valence-corrected chi connectivity index (χ3v) is 6.17. The van der Waals surface area contributed by atoms with Gasteiger partial charge < -0.3 is 4.98 Å². The van der Waals surface area contributed by atoms with E-state index in [1.54, 1.807) is 11.6 Å². The highest BCUT2D eigenvalue weighted by molar-refractivity contribution is 5.73. The molecule has 2 aromatic heterocycles. The van der Waals surface area contributed by atoms with Gasteiger partial charge in [-0.2, -0.15) is 5.10 Å². The van der Waals surface area contributed by atoms with Crippen molar-refractivity contribution in [3.05, 3.63) is 22.4 Å². The van der Waals surface area contributed by atoms with Gasteiger partial charge in [0.05, 0.1) is 12.2 Å². The van der Waals surface area contributed by atoms with Crippen LogP contribution >= 0.6 is 0 Å². The number of aromatic amines is 1. The van der Waals surface area contributed by atoms with Crippen LogP contribution in [0.25, 0.3) is 11.0 Å². The fourth-order valence-electron chi connectivity index (χ4n) is 4.37. The Morgan fingerprint density at radius 3 is 2.48 bits per heavy atom. The first kappa shape index (κ1) is 18.5. The van der Waals surface area contributed by atoms with Crippen molar-refractivity contribution < 1.29 is 13.2 Å². The smallest absolute Gasteiger partial charge is 0.262 e. The van der Waals surface area contributed by atoms with Crippen LogP contribution in [0.15, 0.2) is 11.0 Å². The summed E-state index contributed by atoms with van der Waals surface area (Å²) in [4.78, 5) is 19.8. The molecule has 2 saturated carbocycles. The van der Waals surface area contributed by atoms with Gasteiger partial charge >= 0.3 is 0 Å². The zero-order valence-electron chi connectivity index (χ0n) is 15.5. The minimum absolute atomic E-state index is 0.0295. The van der Waals surface area contributed by atoms with Crippen LogP contribution in [-0.4, -0.2) is 31.3 Å². The second kappa shape index (κ2) is 6.63. The summed E-state index contributed by atoms with van der Waals surface area (Å²) in [6.45, 7) is 1.62. The molecule has 0 radical (unpaired) electrons. The summed E-state index contributed by atoms with van der Waals surface area (Å²) in [6.07, 6.45) is 4.90. The fourth-order valence-corrected chi connectivity index (χ4v) is 4.37. The van der Waals surface area contributed by atoms with Crippen molar-refractivity contribution in [3.63, 3.8) is 0 Å². The Kier molecular flexibility index (Phi) is 4.55. The molecule has 2 aromatic rings. The van der Waals surface area contributed by atoms with Crippen molar-refractivity contribution in [1.29, 1.82) is 0 Å². The number of aromatic nitrogens is 4. The first-order valence-electron chi connectivity index (χ1n) is 9.76. The molecule has 8 heteroatoms. The van der Waals surface area contributed by atoms with Gasteiger partial charge in [-0.25, -0.2) is 22.8 Å². The molecule has 0 amide bonds. The Morgan fingerprint density at radius 2 is 1.81 bits per heavy atom. The van der Waals surface area contributed by atoms with E-state index in [0.717, 1.165) is 0 Å². The third-order valence-electron chi connectivity index (χ3n) is 6.17. The topological polar surface area (TPSA) is 63.6 Å². The first-order valence-corrected chi connectivity index (χ1v) is 9.76. The number of hydrogen-bond acceptors (Lipinski definition) is 3. The quantitative estimate of drug-likeness (QED) is 0.859. The predicted octanol–water partition coefficient (Wildman–Crippen LogP) is 4.33. The monoisotopic (exact) mass is 382 g/mol. The average molecular weight is 382 g/mol. The van der Waals surface area contributed by atoms with Crippen LogP contribution in [0.4, 0.5) is 13.2 Å². The lowest BCUT2D eigenvalue weighted by atomic mass is 9.84. The van der Waals surface area contributed by atoms with Gasteiger partial charge in [0.2, 0.25) is 5.92 Å². The number of halogens is 3. The van der Waals surface area contributed by atoms with Crippen LogP contribution in [0.5, 0.6) is 0 Å². The van der Waals surface area contributed by atoms with Crippen LogP contribution in [0.3, 0.4) is 0 Å². The molecule has 4 rings (SSSR count). The lowest BCUT2D eigenvalue weighted by molar-refractivity contribution is -0.0458. The van der Waals surface area contributed by atoms with Gasteiger partial charge in [-0.3, -0.25) is 4.79 Å². The molecule has 2 heterocycles. The molecule has 0 aromatic carbocycles. The second-order valence-electron chi connectivity index (χ2n) is 8.49. The van der Waals surface area contributed by atoms with Gasteiger partial charge in [-0.15, -0.1) is 0 Å². The number of nitrogens with one attached hydrogen (secondary N) is 1. The number of nitrogens with zero attached hydrogens (tertiary/aromatic N) is 3. The third kappa shape index (κ3) is 3.89. The molecule has 0 aliphatic heterocycles. The summed E-state index contributed by atoms with van der Waals surface area (Å²) in [7, 11) is 0. The molecule has 0 bridgehead atoms. The van der Waals surface area contributed by atoms with Gasteiger partial charge in [0, 0.05) is 19.3 Å². The van der Waals surface area contributed by atoms with Gasteiger partial charge in [0.1, 0.15) is 16.9 Å². The zero-order chi connectivity index (χ0) is 19.2. The van der Waals surface area contributed by atoms with Crippen molar-refractivity contribution >= 4 is 11.0 Å². The van der Waals surface area contributed by atoms with Crippen LogP contribution in [0.2, 0.25) is 0 Å². The molecule has 2 aliphatic carbocycles. The van der Waals surface area contributed by atoms with E-state index in [0.29, 0.717) is 61.8 Å². The molecule has 2 aliphatic rings. The fraction of sp³-hybridized carbons (Fsp3) is 0.737. The molecule has 148 valence electrons. The Balaban J connectivity index is 1.56. The minimum Gasteiger partial charge on any atom is -0.310 e. The lowest BCUT2D eigenvalue weighted by Gasteiger charge is -2.31. The Bertz CT molecular complexity index is 869. The Morgan fingerprint density at radius 1 is 1.15 bits per heavy atom. The van der Waals surface area contributed by atoms with Gasteiger partial charge in [-0.05, 0) is 51.4 Å². The van der Waals surface area contributed by atoms with Crippen molar-refractivity contribution in [1.82, 2.24) is 19.7 Å². The zero-order valence-corrected chi connectivity index (χ0v) is 15.5. The van der Waals surface area contributed by atoms with E-state index in [9.17, 15) is 18.0 Å². The Hall–Kier alpha value is -1.86. The van der Waals surface area contributed by atoms with Crippen molar-refractivity contribution in [2.75, 3.05) is 0 Å². The lowest BCUT2D eigenvalue weighted by Crippen LogP contribution is -2.28. The van der Waals surface area contributed by atoms with Crippen LogP contribution < -0.4 is 5.56 Å². The van der Waals surface area contributed by atoms with Crippen LogP contribution in [-0.2, 0) is 6.42 Å². The van der Waals surface area contributed by atoms with E-state index in [4.69, 9.17) is 0 Å². The number of H-pyrrole nitrogens is 1.